The Hall–Kier alpha value is -4.92. The van der Waals surface area contributed by atoms with Crippen LogP contribution in [0, 0.1) is 0 Å². The Morgan fingerprint density at radius 1 is 0.814 bits per heavy atom. The molecule has 3 aromatic rings. The van der Waals surface area contributed by atoms with Gasteiger partial charge >= 0.3 is 0 Å². The van der Waals surface area contributed by atoms with Crippen molar-refractivity contribution in [3.05, 3.63) is 94.3 Å². The molecule has 1 amide bonds. The molecule has 9 heteroatoms. The van der Waals surface area contributed by atoms with E-state index in [0.29, 0.717) is 63.3 Å². The van der Waals surface area contributed by atoms with Gasteiger partial charge in [-0.05, 0) is 67.3 Å². The first kappa shape index (κ1) is 29.6. The first-order valence-corrected chi connectivity index (χ1v) is 14.0. The lowest BCUT2D eigenvalue weighted by molar-refractivity contribution is -0.116. The monoisotopic (exact) mass is 584 g/mol. The molecule has 0 fully saturated rings. The number of ether oxygens (including phenoxy) is 5. The number of hydrogen-bond donors (Lipinski definition) is 2. The van der Waals surface area contributed by atoms with Crippen molar-refractivity contribution in [3.8, 4) is 28.7 Å². The molecule has 2 N–H and O–H groups in total. The van der Waals surface area contributed by atoms with Gasteiger partial charge < -0.3 is 34.3 Å². The van der Waals surface area contributed by atoms with Crippen LogP contribution < -0.4 is 34.3 Å². The standard InChI is InChI=1S/C34H36N2O7/c1-19-30(34(38)36-22-11-13-23(39-2)14-12-22)31(24-8-7-9-28(41-4)33(24)43-6)32-25(35-19)16-21(17-26(32)37)20-10-15-27(40-3)29(18-20)42-5/h7-15,18,21,31,35H,16-17H2,1-6H3,(H,36,38)/t21-,31-/m0/s1. The van der Waals surface area contributed by atoms with Crippen molar-refractivity contribution in [1.29, 1.82) is 0 Å². The van der Waals surface area contributed by atoms with Crippen LogP contribution in [0.1, 0.15) is 42.7 Å². The van der Waals surface area contributed by atoms with Gasteiger partial charge in [0.2, 0.25) is 0 Å². The number of Topliss-reactive ketones (excluding diaryl/α,β-unsaturated/α-hetero) is 1. The summed E-state index contributed by atoms with van der Waals surface area (Å²) in [4.78, 5) is 28.1. The van der Waals surface area contributed by atoms with Crippen LogP contribution in [-0.4, -0.2) is 47.2 Å². The molecule has 0 unspecified atom stereocenters. The van der Waals surface area contributed by atoms with E-state index in [2.05, 4.69) is 10.6 Å². The molecule has 0 aromatic heterocycles. The number of carbonyl (C=O) groups is 2. The molecule has 0 saturated carbocycles. The first-order valence-electron chi connectivity index (χ1n) is 14.0. The maximum absolute atomic E-state index is 14.1. The maximum Gasteiger partial charge on any atom is 0.254 e. The number of dihydropyridines is 1. The fourth-order valence-electron chi connectivity index (χ4n) is 6.01. The molecular formula is C34H36N2O7. The van der Waals surface area contributed by atoms with Gasteiger partial charge in [0, 0.05) is 40.2 Å². The predicted molar refractivity (Wildman–Crippen MR) is 163 cm³/mol. The Morgan fingerprint density at radius 3 is 2.19 bits per heavy atom. The molecule has 2 atom stereocenters. The van der Waals surface area contributed by atoms with E-state index in [4.69, 9.17) is 23.7 Å². The quantitative estimate of drug-likeness (QED) is 0.329. The third-order valence-electron chi connectivity index (χ3n) is 8.04. The fraction of sp³-hybridized carbons (Fsp3) is 0.294. The van der Waals surface area contributed by atoms with Gasteiger partial charge in [-0.15, -0.1) is 0 Å². The number of amides is 1. The molecular weight excluding hydrogens is 548 g/mol. The molecule has 9 nitrogen and oxygen atoms in total. The van der Waals surface area contributed by atoms with E-state index in [1.165, 1.54) is 0 Å². The second-order valence-electron chi connectivity index (χ2n) is 10.4. The van der Waals surface area contributed by atoms with E-state index in [0.717, 1.165) is 11.3 Å². The average Bonchev–Trinajstić information content (AvgIpc) is 3.03. The highest BCUT2D eigenvalue weighted by Crippen LogP contribution is 2.49. The van der Waals surface area contributed by atoms with Gasteiger partial charge in [-0.2, -0.15) is 0 Å². The van der Waals surface area contributed by atoms with Gasteiger partial charge in [0.15, 0.2) is 28.8 Å². The number of para-hydroxylation sites is 1. The van der Waals surface area contributed by atoms with E-state index in [-0.39, 0.29) is 24.0 Å². The van der Waals surface area contributed by atoms with Gasteiger partial charge in [-0.3, -0.25) is 9.59 Å². The minimum atomic E-state index is -0.682. The minimum Gasteiger partial charge on any atom is -0.497 e. The van der Waals surface area contributed by atoms with Gasteiger partial charge in [-0.1, -0.05) is 18.2 Å². The fourth-order valence-corrected chi connectivity index (χ4v) is 6.01. The lowest BCUT2D eigenvalue weighted by Gasteiger charge is -2.37. The zero-order valence-electron chi connectivity index (χ0n) is 25.2. The van der Waals surface area contributed by atoms with Gasteiger partial charge in [0.05, 0.1) is 41.5 Å². The molecule has 3 aromatic carbocycles. The number of ketones is 1. The highest BCUT2D eigenvalue weighted by atomic mass is 16.5. The van der Waals surface area contributed by atoms with Crippen molar-refractivity contribution in [2.45, 2.75) is 31.6 Å². The summed E-state index contributed by atoms with van der Waals surface area (Å²) in [6.07, 6.45) is 0.843. The van der Waals surface area contributed by atoms with E-state index >= 15 is 0 Å². The summed E-state index contributed by atoms with van der Waals surface area (Å²) >= 11 is 0. The summed E-state index contributed by atoms with van der Waals surface area (Å²) in [5, 5.41) is 6.43. The molecule has 1 aliphatic heterocycles. The van der Waals surface area contributed by atoms with Crippen LogP contribution in [0.3, 0.4) is 0 Å². The Balaban J connectivity index is 1.59. The van der Waals surface area contributed by atoms with Crippen molar-refractivity contribution in [2.75, 3.05) is 40.9 Å². The zero-order valence-corrected chi connectivity index (χ0v) is 25.2. The van der Waals surface area contributed by atoms with Crippen molar-refractivity contribution in [3.63, 3.8) is 0 Å². The predicted octanol–water partition coefficient (Wildman–Crippen LogP) is 5.73. The van der Waals surface area contributed by atoms with Crippen LogP contribution in [0.2, 0.25) is 0 Å². The lowest BCUT2D eigenvalue weighted by Crippen LogP contribution is -2.37. The largest absolute Gasteiger partial charge is 0.497 e. The number of nitrogens with one attached hydrogen (secondary N) is 2. The van der Waals surface area contributed by atoms with Crippen molar-refractivity contribution < 1.29 is 33.3 Å². The van der Waals surface area contributed by atoms with Crippen LogP contribution in [0.4, 0.5) is 5.69 Å². The average molecular weight is 585 g/mol. The molecule has 1 aliphatic carbocycles. The smallest absolute Gasteiger partial charge is 0.254 e. The maximum atomic E-state index is 14.1. The van der Waals surface area contributed by atoms with E-state index in [1.807, 2.05) is 37.3 Å². The summed E-state index contributed by atoms with van der Waals surface area (Å²) in [5.41, 5.74) is 4.66. The van der Waals surface area contributed by atoms with Gasteiger partial charge in [-0.25, -0.2) is 0 Å². The molecule has 0 bridgehead atoms. The number of hydrogen-bond acceptors (Lipinski definition) is 8. The second-order valence-corrected chi connectivity index (χ2v) is 10.4. The third kappa shape index (κ3) is 5.62. The number of allylic oxidation sites excluding steroid dienone is 3. The second kappa shape index (κ2) is 12.5. The van der Waals surface area contributed by atoms with Crippen LogP contribution in [-0.2, 0) is 9.59 Å². The Kier molecular flexibility index (Phi) is 8.61. The summed E-state index contributed by atoms with van der Waals surface area (Å²) < 4.78 is 27.6. The van der Waals surface area contributed by atoms with E-state index in [1.54, 1.807) is 65.9 Å². The third-order valence-corrected chi connectivity index (χ3v) is 8.04. The van der Waals surface area contributed by atoms with Crippen molar-refractivity contribution in [2.24, 2.45) is 0 Å². The molecule has 0 saturated heterocycles. The van der Waals surface area contributed by atoms with Crippen LogP contribution >= 0.6 is 0 Å². The number of methoxy groups -OCH3 is 5. The Bertz CT molecular complexity index is 1610. The minimum absolute atomic E-state index is 0.0503. The zero-order chi connectivity index (χ0) is 30.7. The van der Waals surface area contributed by atoms with E-state index in [9.17, 15) is 9.59 Å². The molecule has 43 heavy (non-hydrogen) atoms. The summed E-state index contributed by atoms with van der Waals surface area (Å²) in [6, 6.07) is 18.3. The molecule has 5 rings (SSSR count). The normalized spacial score (nSPS) is 18.0. The number of anilines is 1. The van der Waals surface area contributed by atoms with Crippen LogP contribution in [0.15, 0.2) is 83.2 Å². The first-order chi connectivity index (χ1) is 20.8. The molecule has 0 spiro atoms. The molecule has 224 valence electrons. The van der Waals surface area contributed by atoms with Crippen molar-refractivity contribution >= 4 is 17.4 Å². The summed E-state index contributed by atoms with van der Waals surface area (Å²) in [6.45, 7) is 1.86. The Morgan fingerprint density at radius 2 is 1.53 bits per heavy atom. The Labute approximate surface area is 251 Å². The summed E-state index contributed by atoms with van der Waals surface area (Å²) in [5.74, 6) is 1.75. The molecule has 0 radical (unpaired) electrons. The molecule has 2 aliphatic rings. The van der Waals surface area contributed by atoms with Gasteiger partial charge in [0.1, 0.15) is 5.75 Å². The van der Waals surface area contributed by atoms with E-state index < -0.39 is 5.92 Å². The molecule has 1 heterocycles. The van der Waals surface area contributed by atoms with Crippen molar-refractivity contribution in [1.82, 2.24) is 5.32 Å². The topological polar surface area (TPSA) is 104 Å². The number of rotatable bonds is 9. The SMILES string of the molecule is COc1ccc(NC(=O)C2=C(C)NC3=C(C(=O)C[C@@H](c4ccc(OC)c(OC)c4)C3)[C@H]2c2cccc(OC)c2OC)cc1. The highest BCUT2D eigenvalue weighted by Gasteiger charge is 2.42. The van der Waals surface area contributed by atoms with Gasteiger partial charge in [0.25, 0.3) is 5.91 Å². The van der Waals surface area contributed by atoms with Crippen LogP contribution in [0.25, 0.3) is 0 Å². The number of carbonyl (C=O) groups excluding carboxylic acids is 2. The van der Waals surface area contributed by atoms with Crippen LogP contribution in [0.5, 0.6) is 28.7 Å². The lowest BCUT2D eigenvalue weighted by atomic mass is 9.71. The summed E-state index contributed by atoms with van der Waals surface area (Å²) in [7, 11) is 7.89. The number of benzene rings is 3. The highest BCUT2D eigenvalue weighted by molar-refractivity contribution is 6.10.